The second-order valence-electron chi connectivity index (χ2n) is 7.62. The van der Waals surface area contributed by atoms with E-state index in [1.807, 2.05) is 56.3 Å². The van der Waals surface area contributed by atoms with Gasteiger partial charge >= 0.3 is 0 Å². The smallest absolute Gasteiger partial charge is 0.267 e. The summed E-state index contributed by atoms with van der Waals surface area (Å²) in [6, 6.07) is 17.6. The van der Waals surface area contributed by atoms with E-state index in [-0.39, 0.29) is 30.0 Å². The van der Waals surface area contributed by atoms with Crippen LogP contribution in [0.5, 0.6) is 0 Å². The fourth-order valence-electron chi connectivity index (χ4n) is 3.40. The third-order valence-electron chi connectivity index (χ3n) is 5.00. The summed E-state index contributed by atoms with van der Waals surface area (Å²) in [5.74, 6) is 0.434. The highest BCUT2D eigenvalue weighted by atomic mass is 35.5. The molecule has 2 aromatic carbocycles. The molecule has 158 valence electrons. The van der Waals surface area contributed by atoms with Crippen LogP contribution >= 0.6 is 11.6 Å². The number of amides is 1. The first-order valence-corrected chi connectivity index (χ1v) is 10.4. The van der Waals surface area contributed by atoms with Gasteiger partial charge in [-0.25, -0.2) is 9.67 Å². The maximum atomic E-state index is 12.8. The van der Waals surface area contributed by atoms with Gasteiger partial charge in [0.1, 0.15) is 12.4 Å². The van der Waals surface area contributed by atoms with Crippen LogP contribution in [0.15, 0.2) is 65.5 Å². The van der Waals surface area contributed by atoms with E-state index in [0.29, 0.717) is 22.1 Å². The maximum absolute atomic E-state index is 12.8. The Balaban J connectivity index is 1.56. The monoisotopic (exact) mass is 435 g/mol. The molecule has 1 atom stereocenters. The Labute approximate surface area is 184 Å². The lowest BCUT2D eigenvalue weighted by atomic mass is 10.0. The topological polar surface area (TPSA) is 92.7 Å². The second kappa shape index (κ2) is 8.73. The van der Waals surface area contributed by atoms with E-state index in [0.717, 1.165) is 15.7 Å². The van der Waals surface area contributed by atoms with E-state index in [1.165, 1.54) is 6.07 Å². The number of hydrogen-bond donors (Lipinski definition) is 2. The number of hydrogen-bond acceptors (Lipinski definition) is 4. The van der Waals surface area contributed by atoms with Crippen molar-refractivity contribution in [3.8, 4) is 11.3 Å². The lowest BCUT2D eigenvalue weighted by Crippen LogP contribution is -2.37. The first-order valence-electron chi connectivity index (χ1n) is 9.99. The molecule has 0 radical (unpaired) electrons. The van der Waals surface area contributed by atoms with Crippen LogP contribution in [-0.2, 0) is 11.3 Å². The molecular formula is C23H22ClN5O2. The average Bonchev–Trinajstić information content (AvgIpc) is 3.17. The lowest BCUT2D eigenvalue weighted by Gasteiger charge is -2.20. The Morgan fingerprint density at radius 2 is 1.84 bits per heavy atom. The fourth-order valence-corrected chi connectivity index (χ4v) is 3.63. The van der Waals surface area contributed by atoms with Crippen LogP contribution < -0.4 is 10.9 Å². The van der Waals surface area contributed by atoms with Crippen molar-refractivity contribution in [2.24, 2.45) is 5.92 Å². The summed E-state index contributed by atoms with van der Waals surface area (Å²) in [7, 11) is 0. The molecule has 1 amide bonds. The number of rotatable bonds is 6. The Bertz CT molecular complexity index is 1260. The zero-order valence-corrected chi connectivity index (χ0v) is 17.9. The molecule has 0 aliphatic heterocycles. The van der Waals surface area contributed by atoms with Gasteiger partial charge in [-0.05, 0) is 30.2 Å². The van der Waals surface area contributed by atoms with Crippen molar-refractivity contribution in [1.82, 2.24) is 25.1 Å². The van der Waals surface area contributed by atoms with Crippen molar-refractivity contribution in [1.29, 1.82) is 0 Å². The number of carbonyl (C=O) groups excluding carboxylic acids is 1. The minimum absolute atomic E-state index is 0.0867. The van der Waals surface area contributed by atoms with Crippen molar-refractivity contribution in [2.45, 2.75) is 26.4 Å². The van der Waals surface area contributed by atoms with Crippen molar-refractivity contribution in [2.75, 3.05) is 0 Å². The predicted octanol–water partition coefficient (Wildman–Crippen LogP) is 3.95. The quantitative estimate of drug-likeness (QED) is 0.479. The third kappa shape index (κ3) is 4.51. The van der Waals surface area contributed by atoms with Crippen LogP contribution in [-0.4, -0.2) is 25.7 Å². The van der Waals surface area contributed by atoms with Crippen LogP contribution in [0.25, 0.3) is 22.3 Å². The zero-order valence-electron chi connectivity index (χ0n) is 17.2. The van der Waals surface area contributed by atoms with E-state index < -0.39 is 0 Å². The highest BCUT2D eigenvalue weighted by Crippen LogP contribution is 2.25. The Kier molecular flexibility index (Phi) is 5.86. The van der Waals surface area contributed by atoms with Crippen molar-refractivity contribution in [3.05, 3.63) is 81.9 Å². The van der Waals surface area contributed by atoms with Gasteiger partial charge in [0.2, 0.25) is 5.91 Å². The summed E-state index contributed by atoms with van der Waals surface area (Å²) >= 11 is 6.24. The minimum atomic E-state index is -0.365. The SMILES string of the molecule is CC(C)[C@@H](NC(=O)Cn1nc(-c2ccccc2Cl)ccc1=O)c1nc2ccccc2[nH]1. The molecule has 0 aliphatic carbocycles. The molecule has 8 heteroatoms. The summed E-state index contributed by atoms with van der Waals surface area (Å²) in [5.41, 5.74) is 2.59. The van der Waals surface area contributed by atoms with Crippen LogP contribution in [0.1, 0.15) is 25.7 Å². The molecule has 2 N–H and O–H groups in total. The lowest BCUT2D eigenvalue weighted by molar-refractivity contribution is -0.123. The van der Waals surface area contributed by atoms with Crippen LogP contribution in [0.3, 0.4) is 0 Å². The molecule has 2 aromatic heterocycles. The van der Waals surface area contributed by atoms with Crippen molar-refractivity contribution in [3.63, 3.8) is 0 Å². The number of imidazole rings is 1. The fraction of sp³-hybridized carbons (Fsp3) is 0.217. The summed E-state index contributed by atoms with van der Waals surface area (Å²) in [6.07, 6.45) is 0. The average molecular weight is 436 g/mol. The number of halogens is 1. The molecule has 0 aliphatic rings. The number of aromatic amines is 1. The minimum Gasteiger partial charge on any atom is -0.344 e. The van der Waals surface area contributed by atoms with Gasteiger partial charge in [-0.3, -0.25) is 9.59 Å². The van der Waals surface area contributed by atoms with E-state index in [1.54, 1.807) is 12.1 Å². The highest BCUT2D eigenvalue weighted by molar-refractivity contribution is 6.33. The number of fused-ring (bicyclic) bond motifs is 1. The Hall–Kier alpha value is -3.45. The van der Waals surface area contributed by atoms with Crippen LogP contribution in [0, 0.1) is 5.92 Å². The number of nitrogens with zero attached hydrogens (tertiary/aromatic N) is 3. The van der Waals surface area contributed by atoms with Gasteiger partial charge in [0.25, 0.3) is 5.56 Å². The largest absolute Gasteiger partial charge is 0.344 e. The molecular weight excluding hydrogens is 414 g/mol. The summed E-state index contributed by atoms with van der Waals surface area (Å²) in [4.78, 5) is 33.0. The zero-order chi connectivity index (χ0) is 22.0. The molecule has 0 bridgehead atoms. The number of para-hydroxylation sites is 2. The van der Waals surface area contributed by atoms with Crippen LogP contribution in [0.4, 0.5) is 0 Å². The molecule has 31 heavy (non-hydrogen) atoms. The van der Waals surface area contributed by atoms with Crippen LogP contribution in [0.2, 0.25) is 5.02 Å². The Morgan fingerprint density at radius 3 is 2.58 bits per heavy atom. The molecule has 0 saturated heterocycles. The number of nitrogens with one attached hydrogen (secondary N) is 2. The van der Waals surface area contributed by atoms with E-state index >= 15 is 0 Å². The molecule has 4 aromatic rings. The molecule has 0 saturated carbocycles. The highest BCUT2D eigenvalue weighted by Gasteiger charge is 2.22. The normalized spacial score (nSPS) is 12.3. The Morgan fingerprint density at radius 1 is 1.10 bits per heavy atom. The number of aromatic nitrogens is 4. The molecule has 2 heterocycles. The van der Waals surface area contributed by atoms with Gasteiger partial charge in [-0.15, -0.1) is 0 Å². The number of benzene rings is 2. The van der Waals surface area contributed by atoms with Crippen molar-refractivity contribution >= 4 is 28.5 Å². The first kappa shape index (κ1) is 20.8. The molecule has 7 nitrogen and oxygen atoms in total. The molecule has 0 spiro atoms. The van der Waals surface area contributed by atoms with Gasteiger partial charge < -0.3 is 10.3 Å². The number of H-pyrrole nitrogens is 1. The van der Waals surface area contributed by atoms with Gasteiger partial charge in [0.05, 0.1) is 27.8 Å². The van der Waals surface area contributed by atoms with Gasteiger partial charge in [-0.1, -0.05) is 55.8 Å². The van der Waals surface area contributed by atoms with Gasteiger partial charge in [0, 0.05) is 11.6 Å². The molecule has 4 rings (SSSR count). The second-order valence-corrected chi connectivity index (χ2v) is 8.03. The van der Waals surface area contributed by atoms with Gasteiger partial charge in [-0.2, -0.15) is 5.10 Å². The van der Waals surface area contributed by atoms with E-state index in [4.69, 9.17) is 11.6 Å². The molecule has 0 fully saturated rings. The number of carbonyl (C=O) groups is 1. The summed E-state index contributed by atoms with van der Waals surface area (Å²) in [6.45, 7) is 3.79. The van der Waals surface area contributed by atoms with Crippen molar-refractivity contribution < 1.29 is 4.79 Å². The first-order chi connectivity index (χ1) is 14.9. The molecule has 0 unspecified atom stereocenters. The van der Waals surface area contributed by atoms with E-state index in [9.17, 15) is 9.59 Å². The maximum Gasteiger partial charge on any atom is 0.267 e. The standard InChI is InChI=1S/C23H22ClN5O2/c1-14(2)22(23-25-18-9-5-6-10-19(18)26-23)27-20(30)13-29-21(31)12-11-17(28-29)15-7-3-4-8-16(15)24/h3-12,14,22H,13H2,1-2H3,(H,25,26)(H,27,30)/t22-/m1/s1. The van der Waals surface area contributed by atoms with E-state index in [2.05, 4.69) is 20.4 Å². The summed E-state index contributed by atoms with van der Waals surface area (Å²) in [5, 5.41) is 7.84. The predicted molar refractivity (Wildman–Crippen MR) is 121 cm³/mol. The van der Waals surface area contributed by atoms with Gasteiger partial charge in [0.15, 0.2) is 0 Å². The third-order valence-corrected chi connectivity index (χ3v) is 5.32. The summed E-state index contributed by atoms with van der Waals surface area (Å²) < 4.78 is 1.14.